The van der Waals surface area contributed by atoms with Crippen LogP contribution < -0.4 is 5.32 Å². The molecule has 0 aliphatic rings. The number of fused-ring (bicyclic) bond motifs is 1. The number of amides is 1. The Kier molecular flexibility index (Phi) is 5.14. The van der Waals surface area contributed by atoms with Crippen LogP contribution in [0.4, 0.5) is 0 Å². The Labute approximate surface area is 146 Å². The third kappa shape index (κ3) is 3.88. The zero-order chi connectivity index (χ0) is 17.6. The molecular weight excluding hydrogens is 316 g/mol. The summed E-state index contributed by atoms with van der Waals surface area (Å²) in [6.07, 6.45) is 1.95. The molecule has 3 rings (SSSR count). The van der Waals surface area contributed by atoms with Gasteiger partial charge in [0.2, 0.25) is 5.91 Å². The van der Waals surface area contributed by atoms with E-state index in [-0.39, 0.29) is 18.9 Å². The van der Waals surface area contributed by atoms with Gasteiger partial charge in [-0.15, -0.1) is 0 Å². The van der Waals surface area contributed by atoms with Crippen molar-refractivity contribution in [2.24, 2.45) is 0 Å². The summed E-state index contributed by atoms with van der Waals surface area (Å²) in [6.45, 7) is 2.00. The summed E-state index contributed by atoms with van der Waals surface area (Å²) in [5.41, 5.74) is 2.50. The van der Waals surface area contributed by atoms with Crippen LogP contribution in [0.15, 0.2) is 60.8 Å². The maximum atomic E-state index is 12.4. The molecular formula is C20H20N2O3. The Bertz CT molecular complexity index is 871. The molecule has 1 amide bonds. The fraction of sp³-hybridized carbons (Fsp3) is 0.200. The largest absolute Gasteiger partial charge is 0.464 e. The van der Waals surface area contributed by atoms with E-state index < -0.39 is 12.0 Å². The van der Waals surface area contributed by atoms with E-state index in [1.165, 1.54) is 0 Å². The second kappa shape index (κ2) is 7.66. The number of carbonyl (C=O) groups excluding carboxylic acids is 2. The van der Waals surface area contributed by atoms with Crippen LogP contribution in [-0.2, 0) is 20.7 Å². The molecule has 2 N–H and O–H groups in total. The first-order valence-corrected chi connectivity index (χ1v) is 8.25. The Morgan fingerprint density at radius 2 is 1.80 bits per heavy atom. The molecule has 3 aromatic rings. The normalized spacial score (nSPS) is 11.9. The molecule has 25 heavy (non-hydrogen) atoms. The van der Waals surface area contributed by atoms with Gasteiger partial charge in [-0.3, -0.25) is 4.79 Å². The summed E-state index contributed by atoms with van der Waals surface area (Å²) < 4.78 is 5.16. The van der Waals surface area contributed by atoms with E-state index >= 15 is 0 Å². The minimum absolute atomic E-state index is 0.207. The highest BCUT2D eigenvalue weighted by Crippen LogP contribution is 2.25. The molecule has 0 spiro atoms. The summed E-state index contributed by atoms with van der Waals surface area (Å²) in [5, 5.41) is 3.70. The summed E-state index contributed by atoms with van der Waals surface area (Å²) in [5.74, 6) is -0.691. The first-order valence-electron chi connectivity index (χ1n) is 8.25. The van der Waals surface area contributed by atoms with Crippen LogP contribution >= 0.6 is 0 Å². The molecule has 1 unspecified atom stereocenters. The molecule has 0 saturated carbocycles. The number of para-hydroxylation sites is 1. The maximum Gasteiger partial charge on any atom is 0.333 e. The molecule has 0 radical (unpaired) electrons. The number of aromatic amines is 1. The number of carbonyl (C=O) groups is 2. The highest BCUT2D eigenvalue weighted by atomic mass is 16.5. The van der Waals surface area contributed by atoms with Gasteiger partial charge in [-0.2, -0.15) is 0 Å². The second-order valence-corrected chi connectivity index (χ2v) is 5.70. The summed E-state index contributed by atoms with van der Waals surface area (Å²) in [4.78, 5) is 28.0. The monoisotopic (exact) mass is 336 g/mol. The van der Waals surface area contributed by atoms with Crippen molar-refractivity contribution in [3.05, 3.63) is 71.9 Å². The lowest BCUT2D eigenvalue weighted by molar-refractivity contribution is -0.147. The van der Waals surface area contributed by atoms with Gasteiger partial charge in [-0.05, 0) is 18.6 Å². The zero-order valence-electron chi connectivity index (χ0n) is 14.0. The topological polar surface area (TPSA) is 71.2 Å². The van der Waals surface area contributed by atoms with Gasteiger partial charge in [0, 0.05) is 22.7 Å². The third-order valence-corrected chi connectivity index (χ3v) is 3.97. The van der Waals surface area contributed by atoms with Crippen molar-refractivity contribution >= 4 is 22.8 Å². The van der Waals surface area contributed by atoms with E-state index in [0.29, 0.717) is 5.56 Å². The van der Waals surface area contributed by atoms with Crippen LogP contribution in [0.3, 0.4) is 0 Å². The van der Waals surface area contributed by atoms with Crippen LogP contribution in [0, 0.1) is 0 Å². The predicted octanol–water partition coefficient (Wildman–Crippen LogP) is 3.13. The Balaban J connectivity index is 1.85. The summed E-state index contributed by atoms with van der Waals surface area (Å²) >= 11 is 0. The zero-order valence-corrected chi connectivity index (χ0v) is 14.0. The number of aromatic nitrogens is 1. The number of ether oxygens (including phenoxy) is 1. The molecule has 1 atom stereocenters. The van der Waals surface area contributed by atoms with Gasteiger partial charge in [0.1, 0.15) is 0 Å². The molecule has 1 heterocycles. The van der Waals surface area contributed by atoms with Crippen molar-refractivity contribution in [1.82, 2.24) is 10.3 Å². The van der Waals surface area contributed by atoms with Crippen LogP contribution in [0.25, 0.3) is 10.9 Å². The number of hydrogen-bond acceptors (Lipinski definition) is 3. The smallest absolute Gasteiger partial charge is 0.333 e. The van der Waals surface area contributed by atoms with Gasteiger partial charge in [-0.1, -0.05) is 48.5 Å². The Morgan fingerprint density at radius 3 is 2.56 bits per heavy atom. The molecule has 0 bridgehead atoms. The van der Waals surface area contributed by atoms with Gasteiger partial charge >= 0.3 is 5.97 Å². The quantitative estimate of drug-likeness (QED) is 0.679. The Hall–Kier alpha value is -3.08. The Morgan fingerprint density at radius 1 is 1.08 bits per heavy atom. The number of esters is 1. The van der Waals surface area contributed by atoms with E-state index in [9.17, 15) is 9.59 Å². The SMILES string of the molecule is CCOC(=O)C(NC(=O)Cc1ccccc1)c1c[nH]c2ccccc12. The first kappa shape index (κ1) is 16.8. The second-order valence-electron chi connectivity index (χ2n) is 5.70. The lowest BCUT2D eigenvalue weighted by Crippen LogP contribution is -2.35. The van der Waals surface area contributed by atoms with E-state index in [1.807, 2.05) is 54.6 Å². The average Bonchev–Trinajstić information content (AvgIpc) is 3.04. The summed E-state index contributed by atoms with van der Waals surface area (Å²) in [7, 11) is 0. The predicted molar refractivity (Wildman–Crippen MR) is 96.0 cm³/mol. The lowest BCUT2D eigenvalue weighted by Gasteiger charge is -2.17. The minimum atomic E-state index is -0.840. The van der Waals surface area contributed by atoms with E-state index in [0.717, 1.165) is 16.5 Å². The van der Waals surface area contributed by atoms with Gasteiger partial charge in [0.05, 0.1) is 13.0 Å². The van der Waals surface area contributed by atoms with Gasteiger partial charge < -0.3 is 15.0 Å². The number of nitrogens with one attached hydrogen (secondary N) is 2. The van der Waals surface area contributed by atoms with Crippen molar-refractivity contribution in [3.63, 3.8) is 0 Å². The third-order valence-electron chi connectivity index (χ3n) is 3.97. The molecule has 2 aromatic carbocycles. The minimum Gasteiger partial charge on any atom is -0.464 e. The van der Waals surface area contributed by atoms with Crippen molar-refractivity contribution in [1.29, 1.82) is 0 Å². The van der Waals surface area contributed by atoms with Gasteiger partial charge in [-0.25, -0.2) is 4.79 Å². The first-order chi connectivity index (χ1) is 12.2. The molecule has 0 saturated heterocycles. The van der Waals surface area contributed by atoms with Gasteiger partial charge in [0.15, 0.2) is 6.04 Å². The van der Waals surface area contributed by atoms with E-state index in [2.05, 4.69) is 10.3 Å². The van der Waals surface area contributed by atoms with Gasteiger partial charge in [0.25, 0.3) is 0 Å². The molecule has 1 aromatic heterocycles. The number of H-pyrrole nitrogens is 1. The molecule has 5 nitrogen and oxygen atoms in total. The fourth-order valence-electron chi connectivity index (χ4n) is 2.82. The highest BCUT2D eigenvalue weighted by molar-refractivity contribution is 5.92. The van der Waals surface area contributed by atoms with Crippen LogP contribution in [0.2, 0.25) is 0 Å². The van der Waals surface area contributed by atoms with Crippen molar-refractivity contribution in [2.45, 2.75) is 19.4 Å². The van der Waals surface area contributed by atoms with Crippen molar-refractivity contribution in [2.75, 3.05) is 6.61 Å². The maximum absolute atomic E-state index is 12.4. The molecule has 128 valence electrons. The van der Waals surface area contributed by atoms with E-state index in [4.69, 9.17) is 4.74 Å². The van der Waals surface area contributed by atoms with Crippen molar-refractivity contribution < 1.29 is 14.3 Å². The molecule has 0 aliphatic heterocycles. The van der Waals surface area contributed by atoms with Crippen LogP contribution in [0.5, 0.6) is 0 Å². The average molecular weight is 336 g/mol. The van der Waals surface area contributed by atoms with Crippen LogP contribution in [-0.4, -0.2) is 23.5 Å². The fourth-order valence-corrected chi connectivity index (χ4v) is 2.82. The molecule has 0 aliphatic carbocycles. The number of rotatable bonds is 6. The molecule has 5 heteroatoms. The molecule has 0 fully saturated rings. The van der Waals surface area contributed by atoms with E-state index in [1.54, 1.807) is 13.1 Å². The van der Waals surface area contributed by atoms with Crippen molar-refractivity contribution in [3.8, 4) is 0 Å². The highest BCUT2D eigenvalue weighted by Gasteiger charge is 2.26. The lowest BCUT2D eigenvalue weighted by atomic mass is 10.0. The van der Waals surface area contributed by atoms with Crippen LogP contribution in [0.1, 0.15) is 24.1 Å². The number of hydrogen-bond donors (Lipinski definition) is 2. The standard InChI is InChI=1S/C20H20N2O3/c1-2-25-20(24)19(16-13-21-17-11-7-6-10-15(16)17)22-18(23)12-14-8-4-3-5-9-14/h3-11,13,19,21H,2,12H2,1H3,(H,22,23). The summed E-state index contributed by atoms with van der Waals surface area (Å²) in [6, 6.07) is 16.2. The number of benzene rings is 2.